The Morgan fingerprint density at radius 1 is 1.28 bits per heavy atom. The second-order valence-electron chi connectivity index (χ2n) is 6.04. The highest BCUT2D eigenvalue weighted by Gasteiger charge is 2.18. The average Bonchev–Trinajstić information content (AvgIpc) is 3.14. The Labute approximate surface area is 162 Å². The molecule has 2 aromatic heterocycles. The predicted octanol–water partition coefficient (Wildman–Crippen LogP) is 2.19. The van der Waals surface area contributed by atoms with Gasteiger partial charge in [-0.05, 0) is 18.2 Å². The number of aromatic nitrogens is 5. The summed E-state index contributed by atoms with van der Waals surface area (Å²) in [4.78, 5) is 8.27. The molecule has 1 saturated heterocycles. The van der Waals surface area contributed by atoms with Gasteiger partial charge in [0, 0.05) is 12.3 Å². The molecule has 0 bridgehead atoms. The molecule has 0 saturated carbocycles. The highest BCUT2D eigenvalue weighted by Crippen LogP contribution is 2.23. The maximum absolute atomic E-state index is 13.5. The Morgan fingerprint density at radius 3 is 2.90 bits per heavy atom. The zero-order chi connectivity index (χ0) is 20.2. The lowest BCUT2D eigenvalue weighted by atomic mass is 10.2. The fourth-order valence-electron chi connectivity index (χ4n) is 2.47. The van der Waals surface area contributed by atoms with Gasteiger partial charge in [0.2, 0.25) is 0 Å². The Morgan fingerprint density at radius 2 is 2.14 bits per heavy atom. The van der Waals surface area contributed by atoms with E-state index in [0.717, 1.165) is 12.1 Å². The summed E-state index contributed by atoms with van der Waals surface area (Å²) >= 11 is 0. The van der Waals surface area contributed by atoms with E-state index in [9.17, 15) is 13.2 Å². The Hall–Kier alpha value is -3.41. The van der Waals surface area contributed by atoms with Crippen molar-refractivity contribution in [2.45, 2.75) is 19.3 Å². The number of anilines is 1. The number of ether oxygens (including phenoxy) is 3. The minimum Gasteiger partial charge on any atom is -0.457 e. The summed E-state index contributed by atoms with van der Waals surface area (Å²) < 4.78 is 54.3. The van der Waals surface area contributed by atoms with Crippen LogP contribution in [0.3, 0.4) is 0 Å². The molecule has 1 aliphatic rings. The largest absolute Gasteiger partial charge is 0.457 e. The molecule has 0 atom stereocenters. The molecule has 9 nitrogen and oxygen atoms in total. The maximum Gasteiger partial charge on any atom is 0.387 e. The van der Waals surface area contributed by atoms with Crippen molar-refractivity contribution < 1.29 is 27.4 Å². The first-order chi connectivity index (χ1) is 14.1. The minimum atomic E-state index is -3.14. The van der Waals surface area contributed by atoms with Crippen molar-refractivity contribution in [1.29, 1.82) is 0 Å². The van der Waals surface area contributed by atoms with E-state index >= 15 is 0 Å². The van der Waals surface area contributed by atoms with Crippen LogP contribution >= 0.6 is 0 Å². The molecule has 12 heteroatoms. The SMILES string of the molecule is Fc1ccc(-n2cc(COc3nccc(NC4COC4)n3)nn2)cc1OC(F)F. The van der Waals surface area contributed by atoms with Crippen LogP contribution in [-0.2, 0) is 11.3 Å². The minimum absolute atomic E-state index is 0.0254. The van der Waals surface area contributed by atoms with Crippen LogP contribution in [-0.4, -0.2) is 50.8 Å². The van der Waals surface area contributed by atoms with Crippen LogP contribution in [0.15, 0.2) is 36.7 Å². The summed E-state index contributed by atoms with van der Waals surface area (Å²) in [6, 6.07) is 5.55. The number of hydrogen-bond acceptors (Lipinski definition) is 8. The van der Waals surface area contributed by atoms with Gasteiger partial charge in [-0.15, -0.1) is 5.10 Å². The van der Waals surface area contributed by atoms with Crippen LogP contribution in [0.25, 0.3) is 5.69 Å². The molecular weight excluding hydrogens is 393 g/mol. The van der Waals surface area contributed by atoms with Gasteiger partial charge in [0.05, 0.1) is 31.1 Å². The number of alkyl halides is 2. The van der Waals surface area contributed by atoms with Crippen LogP contribution in [0.2, 0.25) is 0 Å². The van der Waals surface area contributed by atoms with E-state index in [0.29, 0.717) is 30.4 Å². The molecule has 1 fully saturated rings. The third-order valence-corrected chi connectivity index (χ3v) is 3.91. The van der Waals surface area contributed by atoms with E-state index < -0.39 is 18.2 Å². The van der Waals surface area contributed by atoms with Crippen molar-refractivity contribution in [2.75, 3.05) is 18.5 Å². The van der Waals surface area contributed by atoms with E-state index in [2.05, 4.69) is 30.3 Å². The van der Waals surface area contributed by atoms with Gasteiger partial charge in [-0.3, -0.25) is 0 Å². The van der Waals surface area contributed by atoms with Gasteiger partial charge in [-0.2, -0.15) is 13.8 Å². The lowest BCUT2D eigenvalue weighted by Gasteiger charge is -2.27. The molecule has 152 valence electrons. The number of hydrogen-bond donors (Lipinski definition) is 1. The van der Waals surface area contributed by atoms with Gasteiger partial charge in [0.1, 0.15) is 18.1 Å². The van der Waals surface area contributed by atoms with Gasteiger partial charge in [0.15, 0.2) is 11.6 Å². The molecule has 4 rings (SSSR count). The Bertz CT molecular complexity index is 983. The van der Waals surface area contributed by atoms with Gasteiger partial charge in [-0.25, -0.2) is 14.1 Å². The van der Waals surface area contributed by atoms with Gasteiger partial charge in [0.25, 0.3) is 0 Å². The van der Waals surface area contributed by atoms with Crippen LogP contribution in [0.1, 0.15) is 5.69 Å². The van der Waals surface area contributed by atoms with E-state index in [1.165, 1.54) is 16.9 Å². The smallest absolute Gasteiger partial charge is 0.387 e. The number of nitrogens with one attached hydrogen (secondary N) is 1. The highest BCUT2D eigenvalue weighted by atomic mass is 19.3. The summed E-state index contributed by atoms with van der Waals surface area (Å²) in [5, 5.41) is 11.0. The molecule has 1 aromatic carbocycles. The molecule has 29 heavy (non-hydrogen) atoms. The first-order valence-electron chi connectivity index (χ1n) is 8.53. The van der Waals surface area contributed by atoms with E-state index in [4.69, 9.17) is 9.47 Å². The topological polar surface area (TPSA) is 96.2 Å². The summed E-state index contributed by atoms with van der Waals surface area (Å²) in [6.07, 6.45) is 3.07. The number of rotatable bonds is 8. The van der Waals surface area contributed by atoms with Gasteiger partial charge < -0.3 is 19.5 Å². The number of nitrogens with zero attached hydrogens (tertiary/aromatic N) is 5. The number of halogens is 3. The summed E-state index contributed by atoms with van der Waals surface area (Å²) in [5.41, 5.74) is 0.728. The monoisotopic (exact) mass is 408 g/mol. The molecule has 3 heterocycles. The molecule has 0 spiro atoms. The molecule has 0 amide bonds. The first-order valence-corrected chi connectivity index (χ1v) is 8.53. The van der Waals surface area contributed by atoms with Crippen molar-refractivity contribution in [2.24, 2.45) is 0 Å². The van der Waals surface area contributed by atoms with E-state index in [-0.39, 0.29) is 18.7 Å². The molecule has 0 radical (unpaired) electrons. The molecule has 0 unspecified atom stereocenters. The van der Waals surface area contributed by atoms with Crippen molar-refractivity contribution in [3.63, 3.8) is 0 Å². The lowest BCUT2D eigenvalue weighted by Crippen LogP contribution is -2.40. The maximum atomic E-state index is 13.5. The van der Waals surface area contributed by atoms with Gasteiger partial charge >= 0.3 is 12.6 Å². The summed E-state index contributed by atoms with van der Waals surface area (Å²) in [6.45, 7) is -1.87. The molecule has 3 aromatic rings. The van der Waals surface area contributed by atoms with Crippen molar-refractivity contribution >= 4 is 5.82 Å². The molecule has 1 N–H and O–H groups in total. The second-order valence-corrected chi connectivity index (χ2v) is 6.04. The van der Waals surface area contributed by atoms with E-state index in [1.54, 1.807) is 12.3 Å². The summed E-state index contributed by atoms with van der Waals surface area (Å²) in [7, 11) is 0. The quantitative estimate of drug-likeness (QED) is 0.606. The van der Waals surface area contributed by atoms with Crippen LogP contribution in [0, 0.1) is 5.82 Å². The van der Waals surface area contributed by atoms with Crippen molar-refractivity contribution in [3.8, 4) is 17.4 Å². The fourth-order valence-corrected chi connectivity index (χ4v) is 2.47. The normalized spacial score (nSPS) is 13.9. The third kappa shape index (κ3) is 4.71. The molecule has 0 aliphatic carbocycles. The predicted molar refractivity (Wildman–Crippen MR) is 92.5 cm³/mol. The zero-order valence-corrected chi connectivity index (χ0v) is 14.8. The van der Waals surface area contributed by atoms with Crippen molar-refractivity contribution in [3.05, 3.63) is 48.2 Å². The molecule has 1 aliphatic heterocycles. The molecular formula is C17H15F3N6O3. The Balaban J connectivity index is 1.40. The summed E-state index contributed by atoms with van der Waals surface area (Å²) in [5.74, 6) is -0.873. The third-order valence-electron chi connectivity index (χ3n) is 3.91. The Kier molecular flexibility index (Phi) is 5.42. The second kappa shape index (κ2) is 8.31. The standard InChI is InChI=1S/C17H15F3N6O3/c18-13-2-1-12(5-14(13)29-16(19)20)26-6-10(24-25-26)9-28-17-21-4-3-15(23-17)22-11-7-27-8-11/h1-6,11,16H,7-9H2,(H,21,22,23). The fraction of sp³-hybridized carbons (Fsp3) is 0.294. The number of benzene rings is 1. The van der Waals surface area contributed by atoms with Crippen molar-refractivity contribution in [1.82, 2.24) is 25.0 Å². The van der Waals surface area contributed by atoms with Crippen LogP contribution < -0.4 is 14.8 Å². The van der Waals surface area contributed by atoms with Crippen LogP contribution in [0.5, 0.6) is 11.8 Å². The van der Waals surface area contributed by atoms with Gasteiger partial charge in [-0.1, -0.05) is 5.21 Å². The highest BCUT2D eigenvalue weighted by molar-refractivity contribution is 5.39. The van der Waals surface area contributed by atoms with Crippen LogP contribution in [0.4, 0.5) is 19.0 Å². The first kappa shape index (κ1) is 18.9. The van der Waals surface area contributed by atoms with E-state index in [1.807, 2.05) is 0 Å². The average molecular weight is 408 g/mol. The lowest BCUT2D eigenvalue weighted by molar-refractivity contribution is -0.0521. The zero-order valence-electron chi connectivity index (χ0n) is 14.8.